The van der Waals surface area contributed by atoms with Gasteiger partial charge in [0.15, 0.2) is 5.13 Å². The third-order valence-electron chi connectivity index (χ3n) is 8.78. The Balaban J connectivity index is 1.05. The van der Waals surface area contributed by atoms with Crippen LogP contribution in [0.1, 0.15) is 59.7 Å². The Morgan fingerprint density at radius 2 is 1.91 bits per heavy atom. The molecule has 2 saturated carbocycles. The van der Waals surface area contributed by atoms with Crippen molar-refractivity contribution in [1.82, 2.24) is 20.8 Å². The van der Waals surface area contributed by atoms with E-state index in [2.05, 4.69) is 20.7 Å². The summed E-state index contributed by atoms with van der Waals surface area (Å²) in [4.78, 5) is 20.0. The van der Waals surface area contributed by atoms with Crippen LogP contribution in [-0.4, -0.2) is 66.6 Å². The van der Waals surface area contributed by atoms with Gasteiger partial charge in [0.1, 0.15) is 22.7 Å². The zero-order chi connectivity index (χ0) is 31.5. The second kappa shape index (κ2) is 12.0. The van der Waals surface area contributed by atoms with Crippen LogP contribution in [0.2, 0.25) is 10.0 Å². The summed E-state index contributed by atoms with van der Waals surface area (Å²) in [7, 11) is -2.65. The molecule has 2 bridgehead atoms. The van der Waals surface area contributed by atoms with Gasteiger partial charge in [-0.1, -0.05) is 45.8 Å². The van der Waals surface area contributed by atoms with E-state index in [1.54, 1.807) is 12.1 Å². The maximum Gasteiger partial charge on any atom is 0.266 e. The van der Waals surface area contributed by atoms with E-state index < -0.39 is 21.8 Å². The molecule has 1 amide bonds. The molecule has 0 spiro atoms. The number of nitrogens with zero attached hydrogens (tertiary/aromatic N) is 3. The molecule has 4 heterocycles. The molecule has 45 heavy (non-hydrogen) atoms. The van der Waals surface area contributed by atoms with Crippen LogP contribution in [0.3, 0.4) is 0 Å². The van der Waals surface area contributed by atoms with Gasteiger partial charge in [-0.25, -0.2) is 4.98 Å². The number of hydrogen-bond donors (Lipinski definition) is 3. The van der Waals surface area contributed by atoms with Crippen molar-refractivity contribution in [2.75, 3.05) is 24.3 Å². The average Bonchev–Trinajstić information content (AvgIpc) is 3.62. The summed E-state index contributed by atoms with van der Waals surface area (Å²) in [5.41, 5.74) is 3.44. The maximum absolute atomic E-state index is 12.7. The first-order chi connectivity index (χ1) is 21.6. The number of thiazole rings is 1. The lowest BCUT2D eigenvalue weighted by molar-refractivity contribution is 0.0956. The molecule has 4 aromatic rings. The van der Waals surface area contributed by atoms with Gasteiger partial charge < -0.3 is 24.8 Å². The number of amides is 1. The molecule has 4 fully saturated rings. The zero-order valence-corrected chi connectivity index (χ0v) is 27.4. The number of methoxy groups -OCH3 is 1. The van der Waals surface area contributed by atoms with Crippen LogP contribution in [0, 0.1) is 0 Å². The lowest BCUT2D eigenvalue weighted by atomic mass is 9.77. The van der Waals surface area contributed by atoms with Crippen LogP contribution in [0.4, 0.5) is 5.13 Å². The van der Waals surface area contributed by atoms with Crippen molar-refractivity contribution in [3.8, 4) is 17.0 Å². The first-order valence-electron chi connectivity index (χ1n) is 14.8. The smallest absolute Gasteiger partial charge is 0.266 e. The summed E-state index contributed by atoms with van der Waals surface area (Å²) in [5.74, 6) is 0.759. The highest BCUT2D eigenvalue weighted by atomic mass is 35.5. The van der Waals surface area contributed by atoms with E-state index >= 15 is 0 Å². The van der Waals surface area contributed by atoms with Crippen LogP contribution in [0.15, 0.2) is 34.9 Å². The van der Waals surface area contributed by atoms with Crippen molar-refractivity contribution in [2.45, 2.75) is 62.7 Å². The van der Waals surface area contributed by atoms with Gasteiger partial charge in [-0.15, -0.1) is 0 Å². The highest BCUT2D eigenvalue weighted by Crippen LogP contribution is 2.48. The fourth-order valence-electron chi connectivity index (χ4n) is 6.46. The normalized spacial score (nSPS) is 21.2. The van der Waals surface area contributed by atoms with Crippen molar-refractivity contribution in [2.24, 2.45) is 0 Å². The molecule has 11 nitrogen and oxygen atoms in total. The van der Waals surface area contributed by atoms with E-state index in [1.807, 2.05) is 18.2 Å². The molecule has 3 N–H and O–H groups in total. The highest BCUT2D eigenvalue weighted by Gasteiger charge is 2.47. The predicted octanol–water partition coefficient (Wildman–Crippen LogP) is 5.66. The number of fused-ring (bicyclic) bond motifs is 3. The van der Waals surface area contributed by atoms with Crippen molar-refractivity contribution in [3.63, 3.8) is 0 Å². The van der Waals surface area contributed by atoms with Gasteiger partial charge in [0.2, 0.25) is 0 Å². The van der Waals surface area contributed by atoms with E-state index in [4.69, 9.17) is 42.0 Å². The van der Waals surface area contributed by atoms with Crippen LogP contribution < -0.4 is 20.3 Å². The minimum Gasteiger partial charge on any atom is -0.494 e. The number of halogens is 2. The number of hydrogen-bond acceptors (Lipinski definition) is 10. The molecular formula is C30H31Cl2N5O6S2. The number of piperidine rings is 1. The summed E-state index contributed by atoms with van der Waals surface area (Å²) in [5, 5.41) is 12.7. The Morgan fingerprint density at radius 3 is 2.58 bits per heavy atom. The molecule has 15 heteroatoms. The van der Waals surface area contributed by atoms with E-state index in [9.17, 15) is 13.2 Å². The largest absolute Gasteiger partial charge is 0.494 e. The van der Waals surface area contributed by atoms with Crippen molar-refractivity contribution in [1.29, 1.82) is 0 Å². The lowest BCUT2D eigenvalue weighted by Gasteiger charge is -2.55. The molecular weight excluding hydrogens is 661 g/mol. The molecule has 2 unspecified atom stereocenters. The first-order valence-corrected chi connectivity index (χ1v) is 17.9. The molecule has 2 aliphatic carbocycles. The van der Waals surface area contributed by atoms with Gasteiger partial charge in [-0.3, -0.25) is 9.35 Å². The molecule has 0 radical (unpaired) electrons. The topological polar surface area (TPSA) is 147 Å². The van der Waals surface area contributed by atoms with E-state index in [0.717, 1.165) is 53.3 Å². The van der Waals surface area contributed by atoms with Crippen LogP contribution in [-0.2, 0) is 16.7 Å². The van der Waals surface area contributed by atoms with Crippen molar-refractivity contribution >= 4 is 65.9 Å². The van der Waals surface area contributed by atoms with Crippen molar-refractivity contribution in [3.05, 3.63) is 57.3 Å². The molecule has 4 aliphatic rings. The van der Waals surface area contributed by atoms with Crippen LogP contribution in [0.5, 0.6) is 5.75 Å². The highest BCUT2D eigenvalue weighted by molar-refractivity contribution is 7.85. The number of ether oxygens (including phenoxy) is 1. The third kappa shape index (κ3) is 6.13. The molecule has 8 rings (SSSR count). The summed E-state index contributed by atoms with van der Waals surface area (Å²) in [6.45, 7) is 0.413. The Morgan fingerprint density at radius 1 is 1.18 bits per heavy atom. The second-order valence-corrected chi connectivity index (χ2v) is 15.2. The number of carbonyl (C=O) groups is 1. The van der Waals surface area contributed by atoms with E-state index in [0.29, 0.717) is 68.7 Å². The summed E-state index contributed by atoms with van der Waals surface area (Å²) in [6.07, 6.45) is 5.18. The molecule has 2 aromatic carbocycles. The van der Waals surface area contributed by atoms with Crippen LogP contribution >= 0.6 is 34.5 Å². The van der Waals surface area contributed by atoms with Crippen LogP contribution in [0.25, 0.3) is 21.5 Å². The van der Waals surface area contributed by atoms with E-state index in [1.165, 1.54) is 18.4 Å². The Kier molecular flexibility index (Phi) is 8.20. The molecule has 238 valence electrons. The number of carbonyl (C=O) groups excluding carboxylic acids is 1. The first kappa shape index (κ1) is 30.7. The van der Waals surface area contributed by atoms with Gasteiger partial charge in [-0.2, -0.15) is 8.42 Å². The zero-order valence-electron chi connectivity index (χ0n) is 24.3. The van der Waals surface area contributed by atoms with Gasteiger partial charge in [0.25, 0.3) is 16.0 Å². The number of anilines is 1. The third-order valence-corrected chi connectivity index (χ3v) is 11.1. The summed E-state index contributed by atoms with van der Waals surface area (Å²) in [6, 6.07) is 9.76. The SMILES string of the molecule is COc1cc(C(=O)NCCS(=O)(=O)O)cc2sc(N3C4CC(NCc5c(-c6c(Cl)cccc6Cl)noc5C5CC5)CC3C4)nc12. The summed E-state index contributed by atoms with van der Waals surface area (Å²) < 4.78 is 43.1. The Labute approximate surface area is 274 Å². The fraction of sp³-hybridized carbons (Fsp3) is 0.433. The second-order valence-electron chi connectivity index (χ2n) is 11.8. The quantitative estimate of drug-likeness (QED) is 0.168. The lowest BCUT2D eigenvalue weighted by Crippen LogP contribution is -2.64. The Bertz CT molecular complexity index is 1860. The average molecular weight is 693 g/mol. The van der Waals surface area contributed by atoms with Gasteiger partial charge in [-0.05, 0) is 56.4 Å². The van der Waals surface area contributed by atoms with Gasteiger partial charge in [0, 0.05) is 53.8 Å². The molecule has 2 aromatic heterocycles. The number of nitrogens with one attached hydrogen (secondary N) is 2. The monoisotopic (exact) mass is 691 g/mol. The predicted molar refractivity (Wildman–Crippen MR) is 173 cm³/mol. The molecule has 2 saturated heterocycles. The standard InChI is InChI=1S/C30H31Cl2N5O6S2/c1-42-23-9-16(29(38)33-7-8-45(39,40)41)10-24-27(23)35-30(44-24)37-18-11-17(12-19(37)13-18)34-14-20-26(36-43-28(20)15-5-6-15)25-21(31)3-2-4-22(25)32/h2-4,9-10,15,17-19,34H,5-8,11-14H2,1H3,(H,33,38)(H,39,40,41). The van der Waals surface area contributed by atoms with Gasteiger partial charge in [0.05, 0.1) is 27.6 Å². The molecule has 2 aliphatic heterocycles. The minimum atomic E-state index is -4.17. The maximum atomic E-state index is 12.7. The number of aromatic nitrogens is 2. The van der Waals surface area contributed by atoms with E-state index in [-0.39, 0.29) is 6.54 Å². The number of benzene rings is 2. The van der Waals surface area contributed by atoms with Gasteiger partial charge >= 0.3 is 0 Å². The van der Waals surface area contributed by atoms with Crippen molar-refractivity contribution < 1.29 is 27.0 Å². The fourth-order valence-corrected chi connectivity index (χ4v) is 8.56. The number of rotatable bonds is 11. The summed E-state index contributed by atoms with van der Waals surface area (Å²) >= 11 is 14.6. The Hall–Kier alpha value is -2.94. The molecule has 2 atom stereocenters. The minimum absolute atomic E-state index is 0.202.